The maximum absolute atomic E-state index is 5.72. The van der Waals surface area contributed by atoms with Crippen LogP contribution in [0.2, 0.25) is 0 Å². The minimum Gasteiger partial charge on any atom is -0.330 e. The van der Waals surface area contributed by atoms with E-state index in [1.54, 1.807) is 0 Å². The van der Waals surface area contributed by atoms with E-state index >= 15 is 0 Å². The molecular formula is C10H20N2. The molecule has 0 aromatic carbocycles. The number of nitrogens with two attached hydrogens (primary N) is 1. The monoisotopic (exact) mass is 168 g/mol. The van der Waals surface area contributed by atoms with Crippen LogP contribution in [0.4, 0.5) is 0 Å². The highest BCUT2D eigenvalue weighted by Crippen LogP contribution is 2.36. The first-order valence-electron chi connectivity index (χ1n) is 5.27. The Balaban J connectivity index is 1.99. The lowest BCUT2D eigenvalue weighted by atomic mass is 9.86. The average molecular weight is 168 g/mol. The largest absolute Gasteiger partial charge is 0.330 e. The third-order valence-corrected chi connectivity index (χ3v) is 3.76. The van der Waals surface area contributed by atoms with Crippen LogP contribution in [-0.4, -0.2) is 30.6 Å². The SMILES string of the molecule is CC(CN)C1CCN2CCCC12. The van der Waals surface area contributed by atoms with Crippen LogP contribution in [-0.2, 0) is 0 Å². The van der Waals surface area contributed by atoms with Gasteiger partial charge in [-0.15, -0.1) is 0 Å². The molecule has 2 heteroatoms. The van der Waals surface area contributed by atoms with E-state index in [4.69, 9.17) is 5.73 Å². The minimum absolute atomic E-state index is 0.734. The van der Waals surface area contributed by atoms with Crippen molar-refractivity contribution in [3.63, 3.8) is 0 Å². The summed E-state index contributed by atoms with van der Waals surface area (Å²) in [6, 6.07) is 0.892. The number of hydrogen-bond donors (Lipinski definition) is 1. The molecule has 0 aromatic heterocycles. The smallest absolute Gasteiger partial charge is 0.0127 e. The molecule has 2 aliphatic heterocycles. The first kappa shape index (κ1) is 8.52. The van der Waals surface area contributed by atoms with Crippen molar-refractivity contribution in [2.45, 2.75) is 32.2 Å². The lowest BCUT2D eigenvalue weighted by Crippen LogP contribution is -2.31. The zero-order valence-corrected chi connectivity index (χ0v) is 8.00. The highest BCUT2D eigenvalue weighted by Gasteiger charge is 2.38. The summed E-state index contributed by atoms with van der Waals surface area (Å²) in [6.45, 7) is 5.86. The van der Waals surface area contributed by atoms with Gasteiger partial charge in [-0.25, -0.2) is 0 Å². The molecule has 70 valence electrons. The summed E-state index contributed by atoms with van der Waals surface area (Å²) in [5, 5.41) is 0. The van der Waals surface area contributed by atoms with Gasteiger partial charge in [0.05, 0.1) is 0 Å². The van der Waals surface area contributed by atoms with E-state index in [0.29, 0.717) is 0 Å². The number of hydrogen-bond acceptors (Lipinski definition) is 2. The molecule has 0 amide bonds. The molecular weight excluding hydrogens is 148 g/mol. The molecule has 0 saturated carbocycles. The Bertz CT molecular complexity index is 158. The highest BCUT2D eigenvalue weighted by molar-refractivity contribution is 4.93. The van der Waals surface area contributed by atoms with Crippen LogP contribution < -0.4 is 5.73 Å². The number of rotatable bonds is 2. The van der Waals surface area contributed by atoms with Crippen molar-refractivity contribution in [1.82, 2.24) is 4.90 Å². The van der Waals surface area contributed by atoms with Crippen LogP contribution in [0, 0.1) is 11.8 Å². The van der Waals surface area contributed by atoms with Crippen LogP contribution in [0.15, 0.2) is 0 Å². The van der Waals surface area contributed by atoms with Gasteiger partial charge in [-0.05, 0) is 50.7 Å². The van der Waals surface area contributed by atoms with Gasteiger partial charge in [-0.1, -0.05) is 6.92 Å². The molecule has 3 unspecified atom stereocenters. The summed E-state index contributed by atoms with van der Waals surface area (Å²) in [6.07, 6.45) is 4.23. The fourth-order valence-corrected chi connectivity index (χ4v) is 2.96. The third kappa shape index (κ3) is 1.27. The lowest BCUT2D eigenvalue weighted by Gasteiger charge is -2.24. The molecule has 0 bridgehead atoms. The van der Waals surface area contributed by atoms with E-state index in [0.717, 1.165) is 24.4 Å². The van der Waals surface area contributed by atoms with Crippen molar-refractivity contribution >= 4 is 0 Å². The van der Waals surface area contributed by atoms with Crippen molar-refractivity contribution in [2.75, 3.05) is 19.6 Å². The normalized spacial score (nSPS) is 38.5. The van der Waals surface area contributed by atoms with Crippen molar-refractivity contribution in [2.24, 2.45) is 17.6 Å². The molecule has 12 heavy (non-hydrogen) atoms. The van der Waals surface area contributed by atoms with E-state index in [1.165, 1.54) is 32.4 Å². The van der Waals surface area contributed by atoms with Crippen LogP contribution in [0.5, 0.6) is 0 Å². The van der Waals surface area contributed by atoms with Crippen molar-refractivity contribution in [1.29, 1.82) is 0 Å². The zero-order chi connectivity index (χ0) is 8.55. The van der Waals surface area contributed by atoms with Gasteiger partial charge in [0.1, 0.15) is 0 Å². The minimum atomic E-state index is 0.734. The first-order chi connectivity index (χ1) is 5.83. The molecule has 2 heterocycles. The Morgan fingerprint density at radius 1 is 1.42 bits per heavy atom. The maximum Gasteiger partial charge on any atom is 0.0127 e. The first-order valence-corrected chi connectivity index (χ1v) is 5.27. The molecule has 0 spiro atoms. The fraction of sp³-hybridized carbons (Fsp3) is 1.00. The molecule has 0 aromatic rings. The average Bonchev–Trinajstić information content (AvgIpc) is 2.62. The van der Waals surface area contributed by atoms with E-state index in [9.17, 15) is 0 Å². The van der Waals surface area contributed by atoms with E-state index in [-0.39, 0.29) is 0 Å². The summed E-state index contributed by atoms with van der Waals surface area (Å²) in [5.41, 5.74) is 5.72. The summed E-state index contributed by atoms with van der Waals surface area (Å²) in [5.74, 6) is 1.63. The van der Waals surface area contributed by atoms with Gasteiger partial charge in [0.2, 0.25) is 0 Å². The predicted octanol–water partition coefficient (Wildman–Crippen LogP) is 1.07. The van der Waals surface area contributed by atoms with Gasteiger partial charge in [0.25, 0.3) is 0 Å². The van der Waals surface area contributed by atoms with Gasteiger partial charge < -0.3 is 10.6 Å². The van der Waals surface area contributed by atoms with Crippen LogP contribution in [0.25, 0.3) is 0 Å². The predicted molar refractivity (Wildman–Crippen MR) is 50.9 cm³/mol. The fourth-order valence-electron chi connectivity index (χ4n) is 2.96. The second kappa shape index (κ2) is 3.35. The molecule has 3 atom stereocenters. The Labute approximate surface area is 75.1 Å². The topological polar surface area (TPSA) is 29.3 Å². The van der Waals surface area contributed by atoms with Gasteiger partial charge in [0, 0.05) is 6.04 Å². The molecule has 2 fully saturated rings. The second-order valence-electron chi connectivity index (χ2n) is 4.41. The van der Waals surface area contributed by atoms with E-state index < -0.39 is 0 Å². The summed E-state index contributed by atoms with van der Waals surface area (Å²) in [4.78, 5) is 2.66. The van der Waals surface area contributed by atoms with Gasteiger partial charge in [0.15, 0.2) is 0 Å². The number of fused-ring (bicyclic) bond motifs is 1. The zero-order valence-electron chi connectivity index (χ0n) is 8.00. The summed E-state index contributed by atoms with van der Waals surface area (Å²) < 4.78 is 0. The van der Waals surface area contributed by atoms with Crippen LogP contribution in [0.3, 0.4) is 0 Å². The maximum atomic E-state index is 5.72. The second-order valence-corrected chi connectivity index (χ2v) is 4.41. The van der Waals surface area contributed by atoms with Crippen LogP contribution in [0.1, 0.15) is 26.2 Å². The molecule has 2 N–H and O–H groups in total. The van der Waals surface area contributed by atoms with Gasteiger partial charge in [-0.2, -0.15) is 0 Å². The molecule has 2 nitrogen and oxygen atoms in total. The van der Waals surface area contributed by atoms with E-state index in [2.05, 4.69) is 11.8 Å². The van der Waals surface area contributed by atoms with Crippen molar-refractivity contribution < 1.29 is 0 Å². The third-order valence-electron chi connectivity index (χ3n) is 3.76. The van der Waals surface area contributed by atoms with Crippen LogP contribution >= 0.6 is 0 Å². The lowest BCUT2D eigenvalue weighted by molar-refractivity contribution is 0.249. The Hall–Kier alpha value is -0.0800. The molecule has 0 radical (unpaired) electrons. The highest BCUT2D eigenvalue weighted by atomic mass is 15.2. The van der Waals surface area contributed by atoms with Crippen molar-refractivity contribution in [3.8, 4) is 0 Å². The molecule has 2 rings (SSSR count). The Morgan fingerprint density at radius 2 is 2.25 bits per heavy atom. The van der Waals surface area contributed by atoms with E-state index in [1.807, 2.05) is 0 Å². The molecule has 2 aliphatic rings. The molecule has 0 aliphatic carbocycles. The van der Waals surface area contributed by atoms with Gasteiger partial charge in [-0.3, -0.25) is 0 Å². The number of nitrogens with zero attached hydrogens (tertiary/aromatic N) is 1. The summed E-state index contributed by atoms with van der Waals surface area (Å²) in [7, 11) is 0. The quantitative estimate of drug-likeness (QED) is 0.668. The Morgan fingerprint density at radius 3 is 3.00 bits per heavy atom. The van der Waals surface area contributed by atoms with Crippen molar-refractivity contribution in [3.05, 3.63) is 0 Å². The van der Waals surface area contributed by atoms with Gasteiger partial charge >= 0.3 is 0 Å². The molecule has 2 saturated heterocycles. The Kier molecular flexibility index (Phi) is 2.37. The standard InChI is InChI=1S/C10H20N2/c1-8(7-11)9-4-6-12-5-2-3-10(9)12/h8-10H,2-7,11H2,1H3. The summed E-state index contributed by atoms with van der Waals surface area (Å²) >= 11 is 0.